The van der Waals surface area contributed by atoms with Crippen LogP contribution >= 0.6 is 11.6 Å². The summed E-state index contributed by atoms with van der Waals surface area (Å²) in [6.45, 7) is 2.99. The summed E-state index contributed by atoms with van der Waals surface area (Å²) >= 11 is 6.02. The Kier molecular flexibility index (Phi) is 4.85. The van der Waals surface area contributed by atoms with Gasteiger partial charge in [-0.3, -0.25) is 4.79 Å². The maximum Gasteiger partial charge on any atom is 0.236 e. The highest BCUT2D eigenvalue weighted by atomic mass is 35.5. The lowest BCUT2D eigenvalue weighted by Gasteiger charge is -2.30. The van der Waals surface area contributed by atoms with Crippen molar-refractivity contribution < 1.29 is 9.32 Å². The van der Waals surface area contributed by atoms with Crippen molar-refractivity contribution in [2.24, 2.45) is 0 Å². The highest BCUT2D eigenvalue weighted by Gasteiger charge is 2.26. The van der Waals surface area contributed by atoms with Crippen LogP contribution in [0.3, 0.4) is 0 Å². The fraction of sp³-hybridized carbons (Fsp3) is 0.412. The van der Waals surface area contributed by atoms with E-state index in [2.05, 4.69) is 25.6 Å². The molecule has 3 heterocycles. The van der Waals surface area contributed by atoms with Crippen LogP contribution in [0.1, 0.15) is 30.6 Å². The summed E-state index contributed by atoms with van der Waals surface area (Å²) in [5.41, 5.74) is 0.830. The summed E-state index contributed by atoms with van der Waals surface area (Å²) in [7, 11) is 0. The number of piperidine rings is 1. The van der Waals surface area contributed by atoms with E-state index in [1.54, 1.807) is 17.8 Å². The van der Waals surface area contributed by atoms with Crippen LogP contribution < -0.4 is 0 Å². The first-order chi connectivity index (χ1) is 13.1. The molecule has 27 heavy (non-hydrogen) atoms. The number of likely N-dealkylation sites (tertiary alicyclic amines) is 1. The third-order valence-corrected chi connectivity index (χ3v) is 4.76. The van der Waals surface area contributed by atoms with Crippen LogP contribution in [-0.2, 0) is 11.2 Å². The van der Waals surface area contributed by atoms with E-state index < -0.39 is 0 Å². The zero-order chi connectivity index (χ0) is 18.8. The average molecular weight is 388 g/mol. The molecule has 0 atom stereocenters. The fourth-order valence-electron chi connectivity index (χ4n) is 3.12. The number of rotatable bonds is 4. The molecule has 0 unspecified atom stereocenters. The Morgan fingerprint density at radius 1 is 1.33 bits per heavy atom. The SMILES string of the molecule is Cc1noc(CC(=O)N2CCC(n3nnc(-c4cccc(Cl)c4)n3)CC2)n1. The van der Waals surface area contributed by atoms with Crippen molar-refractivity contribution in [2.75, 3.05) is 13.1 Å². The molecule has 10 heteroatoms. The molecule has 0 spiro atoms. The number of carbonyl (C=O) groups excluding carboxylic acids is 1. The van der Waals surface area contributed by atoms with Crippen LogP contribution in [0, 0.1) is 6.92 Å². The van der Waals surface area contributed by atoms with Gasteiger partial charge in [-0.15, -0.1) is 10.2 Å². The summed E-state index contributed by atoms with van der Waals surface area (Å²) in [6.07, 6.45) is 1.66. The monoisotopic (exact) mass is 387 g/mol. The van der Waals surface area contributed by atoms with Crippen molar-refractivity contribution in [3.8, 4) is 11.4 Å². The molecule has 0 radical (unpaired) electrons. The number of tetrazole rings is 1. The van der Waals surface area contributed by atoms with E-state index in [4.69, 9.17) is 16.1 Å². The summed E-state index contributed by atoms with van der Waals surface area (Å²) in [4.78, 5) is 19.9. The van der Waals surface area contributed by atoms with E-state index >= 15 is 0 Å². The number of carbonyl (C=O) groups is 1. The normalized spacial score (nSPS) is 15.3. The lowest BCUT2D eigenvalue weighted by atomic mass is 10.1. The first-order valence-corrected chi connectivity index (χ1v) is 9.09. The van der Waals surface area contributed by atoms with E-state index in [0.29, 0.717) is 35.7 Å². The van der Waals surface area contributed by atoms with Crippen LogP contribution in [0.25, 0.3) is 11.4 Å². The second-order valence-corrected chi connectivity index (χ2v) is 6.90. The van der Waals surface area contributed by atoms with Crippen LogP contribution in [0.15, 0.2) is 28.8 Å². The van der Waals surface area contributed by atoms with Gasteiger partial charge in [0.1, 0.15) is 6.42 Å². The first-order valence-electron chi connectivity index (χ1n) is 8.71. The van der Waals surface area contributed by atoms with Gasteiger partial charge in [0.2, 0.25) is 17.6 Å². The van der Waals surface area contributed by atoms with Gasteiger partial charge >= 0.3 is 0 Å². The molecule has 0 saturated carbocycles. The first kappa shape index (κ1) is 17.6. The molecular formula is C17H18ClN7O2. The molecular weight excluding hydrogens is 370 g/mol. The van der Waals surface area contributed by atoms with Gasteiger partial charge in [-0.1, -0.05) is 28.9 Å². The lowest BCUT2D eigenvalue weighted by Crippen LogP contribution is -2.40. The third-order valence-electron chi connectivity index (χ3n) is 4.53. The van der Waals surface area contributed by atoms with Gasteiger partial charge in [0.05, 0.1) is 6.04 Å². The number of benzene rings is 1. The van der Waals surface area contributed by atoms with Crippen molar-refractivity contribution in [2.45, 2.75) is 32.2 Å². The van der Waals surface area contributed by atoms with Crippen molar-refractivity contribution in [1.29, 1.82) is 0 Å². The molecule has 1 aromatic carbocycles. The van der Waals surface area contributed by atoms with Crippen LogP contribution in [0.5, 0.6) is 0 Å². The van der Waals surface area contributed by atoms with E-state index in [1.165, 1.54) is 0 Å². The molecule has 140 valence electrons. The van der Waals surface area contributed by atoms with Gasteiger partial charge < -0.3 is 9.42 Å². The number of halogens is 1. The molecule has 1 aliphatic rings. The maximum absolute atomic E-state index is 12.4. The maximum atomic E-state index is 12.4. The molecule has 4 rings (SSSR count). The molecule has 0 aliphatic carbocycles. The second-order valence-electron chi connectivity index (χ2n) is 6.47. The van der Waals surface area contributed by atoms with Gasteiger partial charge in [-0.25, -0.2) is 0 Å². The average Bonchev–Trinajstić information content (AvgIpc) is 3.31. The quantitative estimate of drug-likeness (QED) is 0.675. The molecule has 2 aromatic heterocycles. The Morgan fingerprint density at radius 3 is 2.85 bits per heavy atom. The van der Waals surface area contributed by atoms with E-state index in [9.17, 15) is 4.79 Å². The minimum atomic E-state index is -0.0109. The number of aryl methyl sites for hydroxylation is 1. The summed E-state index contributed by atoms with van der Waals surface area (Å²) < 4.78 is 5.02. The molecule has 1 fully saturated rings. The van der Waals surface area contributed by atoms with Gasteiger partial charge in [0.15, 0.2) is 5.82 Å². The van der Waals surface area contributed by atoms with Gasteiger partial charge in [-0.05, 0) is 37.1 Å². The minimum Gasteiger partial charge on any atom is -0.342 e. The minimum absolute atomic E-state index is 0.0109. The number of hydrogen-bond acceptors (Lipinski definition) is 7. The number of aromatic nitrogens is 6. The summed E-state index contributed by atoms with van der Waals surface area (Å²) in [5.74, 6) is 1.42. The molecule has 9 nitrogen and oxygen atoms in total. The van der Waals surface area contributed by atoms with Crippen molar-refractivity contribution >= 4 is 17.5 Å². The summed E-state index contributed by atoms with van der Waals surface area (Å²) in [5, 5.41) is 17.1. The topological polar surface area (TPSA) is 103 Å². The Labute approximate surface area is 160 Å². The Morgan fingerprint density at radius 2 is 2.15 bits per heavy atom. The van der Waals surface area contributed by atoms with Crippen LogP contribution in [-0.4, -0.2) is 54.2 Å². The number of amides is 1. The Bertz CT molecular complexity index is 946. The van der Waals surface area contributed by atoms with E-state index in [-0.39, 0.29) is 18.4 Å². The highest BCUT2D eigenvalue weighted by molar-refractivity contribution is 6.30. The standard InChI is InChI=1S/C17H18ClN7O2/c1-11-19-15(27-22-11)10-16(26)24-7-5-14(6-8-24)25-21-17(20-23-25)12-3-2-4-13(18)9-12/h2-4,9,14H,5-8,10H2,1H3. The number of nitrogens with zero attached hydrogens (tertiary/aromatic N) is 7. The zero-order valence-electron chi connectivity index (χ0n) is 14.7. The third kappa shape index (κ3) is 3.97. The second kappa shape index (κ2) is 7.43. The molecule has 1 saturated heterocycles. The Hall–Kier alpha value is -2.81. The van der Waals surface area contributed by atoms with Gasteiger partial charge in [-0.2, -0.15) is 9.78 Å². The van der Waals surface area contributed by atoms with Gasteiger partial charge in [0.25, 0.3) is 0 Å². The highest BCUT2D eigenvalue weighted by Crippen LogP contribution is 2.23. The van der Waals surface area contributed by atoms with Crippen molar-refractivity contribution in [1.82, 2.24) is 35.2 Å². The molecule has 1 amide bonds. The fourth-order valence-corrected chi connectivity index (χ4v) is 3.31. The van der Waals surface area contributed by atoms with Crippen LogP contribution in [0.4, 0.5) is 0 Å². The van der Waals surface area contributed by atoms with E-state index in [0.717, 1.165) is 18.4 Å². The van der Waals surface area contributed by atoms with Crippen LogP contribution in [0.2, 0.25) is 5.02 Å². The zero-order valence-corrected chi connectivity index (χ0v) is 15.5. The smallest absolute Gasteiger partial charge is 0.236 e. The predicted octanol–water partition coefficient (Wildman–Crippen LogP) is 2.09. The molecule has 0 N–H and O–H groups in total. The molecule has 3 aromatic rings. The summed E-state index contributed by atoms with van der Waals surface area (Å²) in [6, 6.07) is 7.47. The molecule has 0 bridgehead atoms. The predicted molar refractivity (Wildman–Crippen MR) is 95.9 cm³/mol. The largest absolute Gasteiger partial charge is 0.342 e. The number of hydrogen-bond donors (Lipinski definition) is 0. The van der Waals surface area contributed by atoms with Gasteiger partial charge in [0, 0.05) is 23.7 Å². The lowest BCUT2D eigenvalue weighted by molar-refractivity contribution is -0.132. The van der Waals surface area contributed by atoms with Crippen molar-refractivity contribution in [3.63, 3.8) is 0 Å². The molecule has 1 aliphatic heterocycles. The van der Waals surface area contributed by atoms with E-state index in [1.807, 2.05) is 23.1 Å². The Balaban J connectivity index is 1.36. The van der Waals surface area contributed by atoms with Crippen molar-refractivity contribution in [3.05, 3.63) is 41.0 Å².